The maximum Gasteiger partial charge on any atom is 0.278 e. The average molecular weight is 452 g/mol. The number of aromatic amines is 1. The minimum atomic E-state index is -0.455. The first kappa shape index (κ1) is 23.2. The van der Waals surface area contributed by atoms with Crippen molar-refractivity contribution in [1.82, 2.24) is 15.2 Å². The van der Waals surface area contributed by atoms with Gasteiger partial charge in [-0.15, -0.1) is 10.2 Å². The number of aromatic nitrogens is 3. The van der Waals surface area contributed by atoms with E-state index in [0.29, 0.717) is 17.7 Å². The third-order valence-electron chi connectivity index (χ3n) is 4.72. The number of rotatable bonds is 8. The SMILES string of the molecule is CCc1ccc(NC(=O)[C@H](CC)Sc2nnc(-c3ccccc3NC(C)=O)c(=O)[nH]2)cc1. The lowest BCUT2D eigenvalue weighted by Gasteiger charge is -2.14. The van der Waals surface area contributed by atoms with Gasteiger partial charge in [-0.05, 0) is 36.6 Å². The van der Waals surface area contributed by atoms with Crippen molar-refractivity contribution in [3.63, 3.8) is 0 Å². The summed E-state index contributed by atoms with van der Waals surface area (Å²) < 4.78 is 0. The number of anilines is 2. The van der Waals surface area contributed by atoms with E-state index < -0.39 is 10.8 Å². The number of hydrogen-bond donors (Lipinski definition) is 3. The Morgan fingerprint density at radius 1 is 1.03 bits per heavy atom. The molecule has 3 N–H and O–H groups in total. The second-order valence-electron chi connectivity index (χ2n) is 7.09. The first-order valence-electron chi connectivity index (χ1n) is 10.3. The Kier molecular flexibility index (Phi) is 7.77. The highest BCUT2D eigenvalue weighted by Crippen LogP contribution is 2.26. The fourth-order valence-corrected chi connectivity index (χ4v) is 3.88. The van der Waals surface area contributed by atoms with E-state index in [4.69, 9.17) is 0 Å². The maximum absolute atomic E-state index is 12.7. The molecule has 9 heteroatoms. The summed E-state index contributed by atoms with van der Waals surface area (Å²) in [4.78, 5) is 39.5. The lowest BCUT2D eigenvalue weighted by atomic mass is 10.1. The number of para-hydroxylation sites is 1. The molecule has 1 atom stereocenters. The van der Waals surface area contributed by atoms with Crippen LogP contribution in [0.25, 0.3) is 11.3 Å². The third-order valence-corrected chi connectivity index (χ3v) is 5.95. The maximum atomic E-state index is 12.7. The summed E-state index contributed by atoms with van der Waals surface area (Å²) in [6.07, 6.45) is 1.47. The lowest BCUT2D eigenvalue weighted by molar-refractivity contribution is -0.116. The van der Waals surface area contributed by atoms with Crippen molar-refractivity contribution in [2.45, 2.75) is 44.0 Å². The normalized spacial score (nSPS) is 11.6. The van der Waals surface area contributed by atoms with Crippen LogP contribution in [0.4, 0.5) is 11.4 Å². The summed E-state index contributed by atoms with van der Waals surface area (Å²) in [7, 11) is 0. The summed E-state index contributed by atoms with van der Waals surface area (Å²) in [5.41, 5.74) is 2.49. The summed E-state index contributed by atoms with van der Waals surface area (Å²) in [5.74, 6) is -0.431. The number of carbonyl (C=O) groups is 2. The van der Waals surface area contributed by atoms with Crippen LogP contribution in [-0.2, 0) is 16.0 Å². The highest BCUT2D eigenvalue weighted by Gasteiger charge is 2.21. The highest BCUT2D eigenvalue weighted by molar-refractivity contribution is 8.00. The van der Waals surface area contributed by atoms with Crippen molar-refractivity contribution in [1.29, 1.82) is 0 Å². The Hall–Kier alpha value is -3.46. The Labute approximate surface area is 190 Å². The second kappa shape index (κ2) is 10.7. The topological polar surface area (TPSA) is 117 Å². The van der Waals surface area contributed by atoms with Crippen molar-refractivity contribution < 1.29 is 9.59 Å². The van der Waals surface area contributed by atoms with Gasteiger partial charge in [0.05, 0.1) is 10.9 Å². The zero-order valence-corrected chi connectivity index (χ0v) is 19.0. The van der Waals surface area contributed by atoms with Crippen molar-refractivity contribution >= 4 is 35.0 Å². The van der Waals surface area contributed by atoms with Crippen LogP contribution in [-0.4, -0.2) is 32.2 Å². The molecule has 0 saturated carbocycles. The highest BCUT2D eigenvalue weighted by atomic mass is 32.2. The monoisotopic (exact) mass is 451 g/mol. The first-order chi connectivity index (χ1) is 15.4. The minimum absolute atomic E-state index is 0.0900. The van der Waals surface area contributed by atoms with E-state index >= 15 is 0 Å². The molecule has 2 amide bonds. The molecule has 1 heterocycles. The molecular weight excluding hydrogens is 426 g/mol. The molecule has 1 aromatic heterocycles. The number of nitrogens with one attached hydrogen (secondary N) is 3. The third kappa shape index (κ3) is 5.82. The van der Waals surface area contributed by atoms with Crippen LogP contribution in [0.1, 0.15) is 32.8 Å². The number of benzene rings is 2. The number of hydrogen-bond acceptors (Lipinski definition) is 6. The Bertz CT molecular complexity index is 1160. The van der Waals surface area contributed by atoms with Gasteiger partial charge in [0.15, 0.2) is 10.9 Å². The van der Waals surface area contributed by atoms with E-state index in [1.165, 1.54) is 12.5 Å². The summed E-state index contributed by atoms with van der Waals surface area (Å²) in [6.45, 7) is 5.35. The molecule has 0 aliphatic heterocycles. The Morgan fingerprint density at radius 2 is 1.75 bits per heavy atom. The van der Waals surface area contributed by atoms with Gasteiger partial charge >= 0.3 is 0 Å². The molecular formula is C23H25N5O3S. The zero-order valence-electron chi connectivity index (χ0n) is 18.1. The van der Waals surface area contributed by atoms with E-state index in [-0.39, 0.29) is 22.7 Å². The van der Waals surface area contributed by atoms with Crippen LogP contribution in [0, 0.1) is 0 Å². The van der Waals surface area contributed by atoms with Crippen LogP contribution in [0.15, 0.2) is 58.5 Å². The molecule has 32 heavy (non-hydrogen) atoms. The molecule has 0 fully saturated rings. The Morgan fingerprint density at radius 3 is 2.38 bits per heavy atom. The molecule has 3 rings (SSSR count). The van der Waals surface area contributed by atoms with Crippen molar-refractivity contribution in [3.05, 3.63) is 64.4 Å². The number of amides is 2. The number of H-pyrrole nitrogens is 1. The predicted octanol–water partition coefficient (Wildman–Crippen LogP) is 3.86. The van der Waals surface area contributed by atoms with Crippen LogP contribution in [0.3, 0.4) is 0 Å². The van der Waals surface area contributed by atoms with Gasteiger partial charge in [0, 0.05) is 18.2 Å². The first-order valence-corrected chi connectivity index (χ1v) is 11.2. The molecule has 0 bridgehead atoms. The molecule has 166 valence electrons. The smallest absolute Gasteiger partial charge is 0.278 e. The van der Waals surface area contributed by atoms with Gasteiger partial charge in [-0.25, -0.2) is 0 Å². The molecule has 0 unspecified atom stereocenters. The van der Waals surface area contributed by atoms with E-state index in [0.717, 1.165) is 23.9 Å². The molecule has 8 nitrogen and oxygen atoms in total. The van der Waals surface area contributed by atoms with E-state index in [1.54, 1.807) is 24.3 Å². The molecule has 0 radical (unpaired) electrons. The molecule has 0 saturated heterocycles. The number of carbonyl (C=O) groups excluding carboxylic acids is 2. The van der Waals surface area contributed by atoms with Gasteiger partial charge in [0.2, 0.25) is 11.8 Å². The van der Waals surface area contributed by atoms with Crippen LogP contribution >= 0.6 is 11.8 Å². The van der Waals surface area contributed by atoms with Gasteiger partial charge < -0.3 is 10.6 Å². The Balaban J connectivity index is 1.76. The fraction of sp³-hybridized carbons (Fsp3) is 0.261. The molecule has 0 spiro atoms. The van der Waals surface area contributed by atoms with Crippen LogP contribution < -0.4 is 16.2 Å². The largest absolute Gasteiger partial charge is 0.326 e. The van der Waals surface area contributed by atoms with E-state index in [1.807, 2.05) is 31.2 Å². The zero-order chi connectivity index (χ0) is 23.1. The number of nitrogens with zero attached hydrogens (tertiary/aromatic N) is 2. The summed E-state index contributed by atoms with van der Waals surface area (Å²) in [5, 5.41) is 13.5. The quantitative estimate of drug-likeness (QED) is 0.448. The van der Waals surface area contributed by atoms with Crippen LogP contribution in [0.5, 0.6) is 0 Å². The standard InChI is InChI=1S/C23H25N5O3S/c1-4-15-10-12-16(13-11-15)25-21(30)19(5-2)32-23-26-22(31)20(27-28-23)17-8-6-7-9-18(17)24-14(3)29/h6-13,19H,4-5H2,1-3H3,(H,24,29)(H,25,30)(H,26,28,31)/t19-/m0/s1. The number of aryl methyl sites for hydroxylation is 1. The van der Waals surface area contributed by atoms with Crippen molar-refractivity contribution in [2.24, 2.45) is 0 Å². The summed E-state index contributed by atoms with van der Waals surface area (Å²) >= 11 is 1.15. The van der Waals surface area contributed by atoms with E-state index in [2.05, 4.69) is 32.7 Å². The van der Waals surface area contributed by atoms with Gasteiger partial charge in [0.25, 0.3) is 5.56 Å². The fourth-order valence-electron chi connectivity index (χ4n) is 3.04. The van der Waals surface area contributed by atoms with E-state index in [9.17, 15) is 14.4 Å². The van der Waals surface area contributed by atoms with Crippen molar-refractivity contribution in [2.75, 3.05) is 10.6 Å². The molecule has 2 aromatic carbocycles. The minimum Gasteiger partial charge on any atom is -0.326 e. The predicted molar refractivity (Wildman–Crippen MR) is 127 cm³/mol. The van der Waals surface area contributed by atoms with Gasteiger partial charge in [-0.2, -0.15) is 0 Å². The molecule has 0 aliphatic rings. The molecule has 0 aliphatic carbocycles. The van der Waals surface area contributed by atoms with Gasteiger partial charge in [0.1, 0.15) is 0 Å². The molecule has 3 aromatic rings. The second-order valence-corrected chi connectivity index (χ2v) is 8.28. The number of thioether (sulfide) groups is 1. The summed E-state index contributed by atoms with van der Waals surface area (Å²) in [6, 6.07) is 14.6. The van der Waals surface area contributed by atoms with Gasteiger partial charge in [-0.1, -0.05) is 55.9 Å². The lowest BCUT2D eigenvalue weighted by Crippen LogP contribution is -2.25. The van der Waals surface area contributed by atoms with Gasteiger partial charge in [-0.3, -0.25) is 19.4 Å². The van der Waals surface area contributed by atoms with Crippen molar-refractivity contribution in [3.8, 4) is 11.3 Å². The van der Waals surface area contributed by atoms with Crippen LogP contribution in [0.2, 0.25) is 0 Å². The average Bonchev–Trinajstić information content (AvgIpc) is 2.78.